The summed E-state index contributed by atoms with van der Waals surface area (Å²) in [5, 5.41) is 12.3. The van der Waals surface area contributed by atoms with Crippen molar-refractivity contribution in [3.63, 3.8) is 0 Å². The van der Waals surface area contributed by atoms with Gasteiger partial charge in [0.05, 0.1) is 36.5 Å². The minimum absolute atomic E-state index is 0.363. The van der Waals surface area contributed by atoms with E-state index < -0.39 is 28.5 Å². The number of likely N-dealkylation sites (N-methyl/N-ethyl adjacent to an activating group) is 1. The highest BCUT2D eigenvalue weighted by Gasteiger charge is 2.45. The highest BCUT2D eigenvalue weighted by molar-refractivity contribution is 7.94. The third-order valence-electron chi connectivity index (χ3n) is 11.7. The first kappa shape index (κ1) is 47.4. The number of nitrogens with zero attached hydrogens (tertiary/aromatic N) is 3. The number of methoxy groups -OCH3 is 2. The second-order valence-electron chi connectivity index (χ2n) is 17.8. The van der Waals surface area contributed by atoms with Gasteiger partial charge in [-0.1, -0.05) is 44.4 Å². The maximum absolute atomic E-state index is 13.8. The Labute approximate surface area is 366 Å². The molecule has 0 atom stereocenters. The quantitative estimate of drug-likeness (QED) is 0.0311. The van der Waals surface area contributed by atoms with Crippen molar-refractivity contribution in [2.24, 2.45) is 0 Å². The van der Waals surface area contributed by atoms with Crippen LogP contribution >= 0.6 is 12.0 Å². The molecule has 330 valence electrons. The minimum Gasteiger partial charge on any atom is -0.465 e. The molecule has 0 bridgehead atoms. The van der Waals surface area contributed by atoms with Crippen molar-refractivity contribution in [1.29, 1.82) is 0 Å². The van der Waals surface area contributed by atoms with Crippen molar-refractivity contribution in [3.8, 4) is 0 Å². The molecule has 0 radical (unpaired) electrons. The smallest absolute Gasteiger partial charge is 0.414 e. The number of hydrogen-bond donors (Lipinski definition) is 1. The number of carbonyl (C=O) groups excluding carboxylic acids is 3. The Bertz CT molecular complexity index is 2140. The monoisotopic (exact) mass is 858 g/mol. The lowest BCUT2D eigenvalue weighted by atomic mass is 9.80. The molecule has 0 aromatic heterocycles. The van der Waals surface area contributed by atoms with Gasteiger partial charge in [0.25, 0.3) is 0 Å². The van der Waals surface area contributed by atoms with Crippen LogP contribution in [0.4, 0.5) is 16.2 Å². The predicted molar refractivity (Wildman–Crippen MR) is 240 cm³/mol. The van der Waals surface area contributed by atoms with E-state index in [0.717, 1.165) is 101 Å². The van der Waals surface area contributed by atoms with E-state index in [9.17, 15) is 14.4 Å². The van der Waals surface area contributed by atoms with E-state index in [2.05, 4.69) is 77.8 Å². The molecule has 2 aliphatic heterocycles. The molecular weight excluding hydrogens is 795 g/mol. The molecular formula is C48H64N3O9S+. The third kappa shape index (κ3) is 10.5. The molecule has 13 heteroatoms. The topological polar surface area (TPSA) is 127 Å². The molecule has 12 nitrogen and oxygen atoms in total. The Hall–Kier alpha value is -4.69. The summed E-state index contributed by atoms with van der Waals surface area (Å²) >= 11 is 1.04. The van der Waals surface area contributed by atoms with Gasteiger partial charge in [-0.3, -0.25) is 4.90 Å². The van der Waals surface area contributed by atoms with E-state index in [-0.39, 0.29) is 5.97 Å². The number of unbranched alkanes of at least 4 members (excludes halogenated alkanes) is 3. The molecule has 2 aromatic rings. The fraction of sp³-hybridized carbons (Fsp3) is 0.500. The summed E-state index contributed by atoms with van der Waals surface area (Å²) in [6.07, 6.45) is 14.5. The Kier molecular flexibility index (Phi) is 15.5. The minimum atomic E-state index is -0.692. The van der Waals surface area contributed by atoms with Gasteiger partial charge < -0.3 is 19.1 Å². The van der Waals surface area contributed by atoms with E-state index in [1.807, 2.05) is 51.1 Å². The zero-order valence-electron chi connectivity index (χ0n) is 37.8. The first-order valence-electron chi connectivity index (χ1n) is 21.2. The van der Waals surface area contributed by atoms with Crippen LogP contribution in [-0.4, -0.2) is 84.2 Å². The van der Waals surface area contributed by atoms with E-state index in [1.165, 1.54) is 14.2 Å². The van der Waals surface area contributed by atoms with Crippen molar-refractivity contribution in [3.05, 3.63) is 105 Å². The largest absolute Gasteiger partial charge is 0.465 e. The SMILES string of the molecule is CCCCC[N+]1=C(C=CC2=C(N(C)C(=O)OC(C)(C)C)C(=CC=C3N(CCCCSOOO)c4ccc(C(=O)OC)cc4C3(C)C)CC2)C(C)(C)c2cc(C(=O)OC)ccc21. The number of anilines is 1. The zero-order chi connectivity index (χ0) is 44.7. The van der Waals surface area contributed by atoms with Crippen LogP contribution in [0, 0.1) is 0 Å². The molecule has 0 saturated carbocycles. The third-order valence-corrected chi connectivity index (χ3v) is 12.3. The van der Waals surface area contributed by atoms with Gasteiger partial charge in [0.2, 0.25) is 5.69 Å². The zero-order valence-corrected chi connectivity index (χ0v) is 38.6. The molecule has 5 rings (SSSR count). The van der Waals surface area contributed by atoms with Gasteiger partial charge in [0.15, 0.2) is 5.71 Å². The lowest BCUT2D eigenvalue weighted by molar-refractivity contribution is -0.438. The number of ether oxygens (including phenoxy) is 3. The molecule has 0 saturated heterocycles. The molecule has 61 heavy (non-hydrogen) atoms. The van der Waals surface area contributed by atoms with Gasteiger partial charge >= 0.3 is 18.0 Å². The van der Waals surface area contributed by atoms with Crippen molar-refractivity contribution in [1.82, 2.24) is 4.90 Å². The number of hydrogen-bond acceptors (Lipinski definition) is 11. The standard InChI is InChI=1S/C48H63N3O9S/c1-12-13-14-27-50-38-23-19-34(43(52)56-10)30-36(38)47(5,6)40(50)25-21-32-17-18-33(42(32)49(9)45(54)58-46(2,3)4)22-26-41-48(7,8)37-31-35(44(53)57-11)20-24-39(37)51(41)28-15-16-29-61-60-59-55/h19-26,30-31H,12-18,27-29H2,1-11H3/p+1. The molecule has 1 amide bonds. The number of benzene rings is 2. The van der Waals surface area contributed by atoms with E-state index in [1.54, 1.807) is 18.0 Å². The van der Waals surface area contributed by atoms with E-state index in [4.69, 9.17) is 19.5 Å². The van der Waals surface area contributed by atoms with Crippen LogP contribution in [0.15, 0.2) is 83.2 Å². The van der Waals surface area contributed by atoms with Crippen LogP contribution in [0.25, 0.3) is 0 Å². The first-order valence-corrected chi connectivity index (χ1v) is 22.1. The fourth-order valence-corrected chi connectivity index (χ4v) is 9.01. The van der Waals surface area contributed by atoms with Gasteiger partial charge in [0, 0.05) is 72.3 Å². The predicted octanol–water partition coefficient (Wildman–Crippen LogP) is 10.8. The summed E-state index contributed by atoms with van der Waals surface area (Å²) in [5.74, 6) is -0.125. The second-order valence-corrected chi connectivity index (χ2v) is 18.5. The molecule has 2 heterocycles. The molecule has 1 aliphatic carbocycles. The van der Waals surface area contributed by atoms with Gasteiger partial charge in [-0.2, -0.15) is 4.58 Å². The van der Waals surface area contributed by atoms with Gasteiger partial charge in [0.1, 0.15) is 12.1 Å². The Morgan fingerprint density at radius 3 is 2.20 bits per heavy atom. The van der Waals surface area contributed by atoms with Crippen molar-refractivity contribution < 1.29 is 47.8 Å². The average molecular weight is 859 g/mol. The van der Waals surface area contributed by atoms with Crippen LogP contribution < -0.4 is 4.90 Å². The lowest BCUT2D eigenvalue weighted by Gasteiger charge is -2.28. The molecule has 3 aliphatic rings. The normalized spacial score (nSPS) is 18.1. The van der Waals surface area contributed by atoms with E-state index in [0.29, 0.717) is 36.3 Å². The van der Waals surface area contributed by atoms with Gasteiger partial charge in [-0.15, -0.1) is 4.33 Å². The number of rotatable bonds is 17. The summed E-state index contributed by atoms with van der Waals surface area (Å²) in [4.78, 5) is 43.0. The van der Waals surface area contributed by atoms with Crippen LogP contribution in [0.1, 0.15) is 132 Å². The van der Waals surface area contributed by atoms with Crippen molar-refractivity contribution >= 4 is 47.2 Å². The summed E-state index contributed by atoms with van der Waals surface area (Å²) in [7, 11) is 4.56. The van der Waals surface area contributed by atoms with Gasteiger partial charge in [-0.25, -0.2) is 19.6 Å². The lowest BCUT2D eigenvalue weighted by Crippen LogP contribution is -2.34. The van der Waals surface area contributed by atoms with Crippen LogP contribution in [0.2, 0.25) is 0 Å². The highest BCUT2D eigenvalue weighted by atomic mass is 32.2. The molecule has 2 aromatic carbocycles. The molecule has 0 unspecified atom stereocenters. The van der Waals surface area contributed by atoms with Crippen LogP contribution in [0.3, 0.4) is 0 Å². The van der Waals surface area contributed by atoms with Gasteiger partial charge in [-0.05, 0) is 120 Å². The number of carbonyl (C=O) groups is 3. The second kappa shape index (κ2) is 20.0. The maximum atomic E-state index is 13.8. The Morgan fingerprint density at radius 2 is 1.56 bits per heavy atom. The first-order chi connectivity index (χ1) is 28.9. The van der Waals surface area contributed by atoms with E-state index >= 15 is 0 Å². The van der Waals surface area contributed by atoms with Crippen LogP contribution in [0.5, 0.6) is 0 Å². The molecule has 0 fully saturated rings. The number of fused-ring (bicyclic) bond motifs is 2. The van der Waals surface area contributed by atoms with Crippen molar-refractivity contribution in [2.45, 2.75) is 117 Å². The Balaban J connectivity index is 1.60. The summed E-state index contributed by atoms with van der Waals surface area (Å²) < 4.78 is 23.0. The number of amides is 1. The van der Waals surface area contributed by atoms with Crippen LogP contribution in [-0.2, 0) is 34.4 Å². The highest BCUT2D eigenvalue weighted by Crippen LogP contribution is 2.49. The summed E-state index contributed by atoms with van der Waals surface area (Å²) in [6, 6.07) is 11.5. The molecule has 1 N–H and O–H groups in total. The summed E-state index contributed by atoms with van der Waals surface area (Å²) in [6.45, 7) is 18.0. The summed E-state index contributed by atoms with van der Waals surface area (Å²) in [5.41, 5.74) is 8.60. The molecule has 0 spiro atoms. The number of esters is 2. The number of allylic oxidation sites excluding steroid dienone is 7. The average Bonchev–Trinajstić information content (AvgIpc) is 3.79. The maximum Gasteiger partial charge on any atom is 0.414 e. The Morgan fingerprint density at radius 1 is 0.885 bits per heavy atom. The van der Waals surface area contributed by atoms with Crippen molar-refractivity contribution in [2.75, 3.05) is 45.0 Å². The fourth-order valence-electron chi connectivity index (χ4n) is 8.58.